The van der Waals surface area contributed by atoms with Crippen LogP contribution in [0, 0.1) is 0 Å². The predicted molar refractivity (Wildman–Crippen MR) is 55.8 cm³/mol. The van der Waals surface area contributed by atoms with Crippen LogP contribution < -0.4 is 5.73 Å². The van der Waals surface area contributed by atoms with Crippen LogP contribution in [-0.4, -0.2) is 33.6 Å². The Labute approximate surface area is 84.7 Å². The lowest BCUT2D eigenvalue weighted by molar-refractivity contribution is 0.252. The van der Waals surface area contributed by atoms with Crippen molar-refractivity contribution in [1.29, 1.82) is 0 Å². The molecule has 0 amide bonds. The van der Waals surface area contributed by atoms with Gasteiger partial charge in [-0.15, -0.1) is 0 Å². The fraction of sp³-hybridized carbons (Fsp3) is 0.700. The molecule has 0 aliphatic carbocycles. The first-order chi connectivity index (χ1) is 6.74. The van der Waals surface area contributed by atoms with Crippen molar-refractivity contribution in [1.82, 2.24) is 14.5 Å². The van der Waals surface area contributed by atoms with Crippen molar-refractivity contribution in [3.8, 4) is 0 Å². The zero-order valence-electron chi connectivity index (χ0n) is 8.85. The second kappa shape index (κ2) is 3.71. The predicted octanol–water partition coefficient (Wildman–Crippen LogP) is 0.514. The third-order valence-electron chi connectivity index (χ3n) is 3.11. The highest BCUT2D eigenvalue weighted by Gasteiger charge is 2.33. The van der Waals surface area contributed by atoms with Crippen molar-refractivity contribution < 1.29 is 0 Å². The highest BCUT2D eigenvalue weighted by Crippen LogP contribution is 2.29. The van der Waals surface area contributed by atoms with Gasteiger partial charge in [-0.1, -0.05) is 6.92 Å². The van der Waals surface area contributed by atoms with Gasteiger partial charge in [0, 0.05) is 25.8 Å². The van der Waals surface area contributed by atoms with Crippen molar-refractivity contribution in [2.24, 2.45) is 12.8 Å². The maximum absolute atomic E-state index is 6.12. The number of likely N-dealkylation sites (tertiary alicyclic amines) is 1. The number of imidazole rings is 1. The number of rotatable bonds is 2. The topological polar surface area (TPSA) is 47.1 Å². The summed E-state index contributed by atoms with van der Waals surface area (Å²) in [6, 6.07) is 0.609. The van der Waals surface area contributed by atoms with E-state index < -0.39 is 0 Å². The summed E-state index contributed by atoms with van der Waals surface area (Å²) < 4.78 is 2.07. The van der Waals surface area contributed by atoms with E-state index >= 15 is 0 Å². The summed E-state index contributed by atoms with van der Waals surface area (Å²) >= 11 is 0. The number of likely N-dealkylation sites (N-methyl/N-ethyl adjacent to an activating group) is 1. The van der Waals surface area contributed by atoms with Crippen molar-refractivity contribution in [3.63, 3.8) is 0 Å². The standard InChI is InChI=1S/C10H18N4/c1-3-14-5-4-8(11)10(14)9-6-12-7-13(9)2/h6-8,10H,3-5,11H2,1-2H3. The molecule has 1 fully saturated rings. The van der Waals surface area contributed by atoms with Gasteiger partial charge in [0.05, 0.1) is 18.1 Å². The first-order valence-electron chi connectivity index (χ1n) is 5.20. The average molecular weight is 194 g/mol. The van der Waals surface area contributed by atoms with Gasteiger partial charge < -0.3 is 10.3 Å². The van der Waals surface area contributed by atoms with Crippen LogP contribution in [0.25, 0.3) is 0 Å². The molecule has 0 radical (unpaired) electrons. The Kier molecular flexibility index (Phi) is 2.56. The Balaban J connectivity index is 2.27. The zero-order chi connectivity index (χ0) is 10.1. The van der Waals surface area contributed by atoms with Crippen LogP contribution in [-0.2, 0) is 7.05 Å². The van der Waals surface area contributed by atoms with Crippen molar-refractivity contribution in [2.45, 2.75) is 25.4 Å². The number of nitrogens with two attached hydrogens (primary N) is 1. The van der Waals surface area contributed by atoms with E-state index in [4.69, 9.17) is 5.73 Å². The molecule has 1 aliphatic heterocycles. The summed E-state index contributed by atoms with van der Waals surface area (Å²) in [6.07, 6.45) is 4.86. The van der Waals surface area contributed by atoms with Crippen LogP contribution in [0.5, 0.6) is 0 Å². The van der Waals surface area contributed by atoms with Crippen molar-refractivity contribution in [3.05, 3.63) is 18.2 Å². The number of nitrogens with zero attached hydrogens (tertiary/aromatic N) is 3. The molecule has 1 aromatic rings. The first-order valence-corrected chi connectivity index (χ1v) is 5.20. The molecule has 2 rings (SSSR count). The molecule has 1 aliphatic rings. The number of aromatic nitrogens is 2. The van der Waals surface area contributed by atoms with Crippen LogP contribution in [0.3, 0.4) is 0 Å². The van der Waals surface area contributed by atoms with Crippen molar-refractivity contribution >= 4 is 0 Å². The molecular weight excluding hydrogens is 176 g/mol. The van der Waals surface area contributed by atoms with E-state index in [-0.39, 0.29) is 6.04 Å². The van der Waals surface area contributed by atoms with Gasteiger partial charge in [0.15, 0.2) is 0 Å². The molecule has 0 aromatic carbocycles. The number of hydrogen-bond donors (Lipinski definition) is 1. The van der Waals surface area contributed by atoms with E-state index in [2.05, 4.69) is 21.4 Å². The highest BCUT2D eigenvalue weighted by atomic mass is 15.2. The Morgan fingerprint density at radius 3 is 3.00 bits per heavy atom. The van der Waals surface area contributed by atoms with Gasteiger partial charge in [-0.05, 0) is 13.0 Å². The van der Waals surface area contributed by atoms with Gasteiger partial charge in [-0.25, -0.2) is 4.98 Å². The molecule has 14 heavy (non-hydrogen) atoms. The summed E-state index contributed by atoms with van der Waals surface area (Å²) in [6.45, 7) is 4.35. The quantitative estimate of drug-likeness (QED) is 0.746. The van der Waals surface area contributed by atoms with Gasteiger partial charge in [-0.3, -0.25) is 4.90 Å². The lowest BCUT2D eigenvalue weighted by Crippen LogP contribution is -2.32. The van der Waals surface area contributed by atoms with E-state index in [1.54, 1.807) is 0 Å². The maximum Gasteiger partial charge on any atom is 0.0946 e. The molecule has 2 unspecified atom stereocenters. The van der Waals surface area contributed by atoms with E-state index in [0.29, 0.717) is 6.04 Å². The Morgan fingerprint density at radius 1 is 1.64 bits per heavy atom. The molecular formula is C10H18N4. The number of aryl methyl sites for hydroxylation is 1. The van der Waals surface area contributed by atoms with Gasteiger partial charge in [0.2, 0.25) is 0 Å². The largest absolute Gasteiger partial charge is 0.336 e. The minimum absolute atomic E-state index is 0.255. The van der Waals surface area contributed by atoms with Gasteiger partial charge >= 0.3 is 0 Å². The van der Waals surface area contributed by atoms with Crippen LogP contribution in [0.15, 0.2) is 12.5 Å². The molecule has 0 bridgehead atoms. The van der Waals surface area contributed by atoms with Crippen LogP contribution in [0.4, 0.5) is 0 Å². The molecule has 2 heterocycles. The van der Waals surface area contributed by atoms with E-state index in [9.17, 15) is 0 Å². The lowest BCUT2D eigenvalue weighted by atomic mass is 10.1. The molecule has 4 nitrogen and oxygen atoms in total. The minimum atomic E-state index is 0.255. The molecule has 78 valence electrons. The van der Waals surface area contributed by atoms with Crippen molar-refractivity contribution in [2.75, 3.05) is 13.1 Å². The maximum atomic E-state index is 6.12. The fourth-order valence-electron chi connectivity index (χ4n) is 2.30. The molecule has 0 saturated carbocycles. The fourth-order valence-corrected chi connectivity index (χ4v) is 2.30. The van der Waals surface area contributed by atoms with Gasteiger partial charge in [-0.2, -0.15) is 0 Å². The summed E-state index contributed by atoms with van der Waals surface area (Å²) in [7, 11) is 2.03. The third-order valence-corrected chi connectivity index (χ3v) is 3.11. The molecule has 2 atom stereocenters. The van der Waals surface area contributed by atoms with E-state index in [1.165, 1.54) is 5.69 Å². The molecule has 0 spiro atoms. The second-order valence-corrected chi connectivity index (χ2v) is 3.96. The first kappa shape index (κ1) is 9.68. The molecule has 1 saturated heterocycles. The zero-order valence-corrected chi connectivity index (χ0v) is 8.85. The summed E-state index contributed by atoms with van der Waals surface area (Å²) in [5.41, 5.74) is 7.36. The van der Waals surface area contributed by atoms with E-state index in [0.717, 1.165) is 19.5 Å². The highest BCUT2D eigenvalue weighted by molar-refractivity contribution is 5.11. The summed E-state index contributed by atoms with van der Waals surface area (Å²) in [4.78, 5) is 6.57. The molecule has 2 N–H and O–H groups in total. The van der Waals surface area contributed by atoms with Gasteiger partial charge in [0.25, 0.3) is 0 Å². The Hall–Kier alpha value is -0.870. The SMILES string of the molecule is CCN1CCC(N)C1c1cncn1C. The monoisotopic (exact) mass is 194 g/mol. The average Bonchev–Trinajstić information content (AvgIpc) is 2.72. The Morgan fingerprint density at radius 2 is 2.43 bits per heavy atom. The number of hydrogen-bond acceptors (Lipinski definition) is 3. The van der Waals surface area contributed by atoms with E-state index in [1.807, 2.05) is 19.6 Å². The third kappa shape index (κ3) is 1.44. The smallest absolute Gasteiger partial charge is 0.0946 e. The second-order valence-electron chi connectivity index (χ2n) is 3.96. The lowest BCUT2D eigenvalue weighted by Gasteiger charge is -2.25. The van der Waals surface area contributed by atoms with Crippen LogP contribution in [0.2, 0.25) is 0 Å². The Bertz CT molecular complexity index is 307. The van der Waals surface area contributed by atoms with Crippen LogP contribution >= 0.6 is 0 Å². The summed E-state index contributed by atoms with van der Waals surface area (Å²) in [5.74, 6) is 0. The van der Waals surface area contributed by atoms with Gasteiger partial charge in [0.1, 0.15) is 0 Å². The summed E-state index contributed by atoms with van der Waals surface area (Å²) in [5, 5.41) is 0. The van der Waals surface area contributed by atoms with Crippen LogP contribution in [0.1, 0.15) is 25.1 Å². The normalized spacial score (nSPS) is 28.5. The minimum Gasteiger partial charge on any atom is -0.336 e. The molecule has 1 aromatic heterocycles. The molecule has 4 heteroatoms.